The fraction of sp³-hybridized carbons (Fsp3) is 0.219. The van der Waals surface area contributed by atoms with Crippen molar-refractivity contribution < 1.29 is 26.3 Å². The highest BCUT2D eigenvalue weighted by atomic mass is 35.5. The molecular formula is C32H30ClF3N6O3S. The van der Waals surface area contributed by atoms with E-state index in [0.717, 1.165) is 12.1 Å². The van der Waals surface area contributed by atoms with Crippen LogP contribution in [-0.2, 0) is 10.0 Å². The van der Waals surface area contributed by atoms with Crippen molar-refractivity contribution in [1.82, 2.24) is 20.3 Å². The van der Waals surface area contributed by atoms with Crippen molar-refractivity contribution >= 4 is 39.2 Å². The molecule has 14 heteroatoms. The average molecular weight is 671 g/mol. The summed E-state index contributed by atoms with van der Waals surface area (Å²) in [6.07, 6.45) is 2.46. The van der Waals surface area contributed by atoms with Gasteiger partial charge >= 0.3 is 0 Å². The van der Waals surface area contributed by atoms with Crippen LogP contribution in [0.1, 0.15) is 28.4 Å². The number of pyridine rings is 1. The van der Waals surface area contributed by atoms with Gasteiger partial charge in [0.2, 0.25) is 21.9 Å². The van der Waals surface area contributed by atoms with Crippen LogP contribution in [0, 0.1) is 18.6 Å². The Morgan fingerprint density at radius 3 is 2.50 bits per heavy atom. The first-order valence-electron chi connectivity index (χ1n) is 14.2. The topological polar surface area (TPSA) is 132 Å². The Bertz CT molecular complexity index is 2000. The molecule has 3 aromatic carbocycles. The summed E-state index contributed by atoms with van der Waals surface area (Å²) in [6.45, 7) is 2.65. The molecule has 240 valence electrons. The molecule has 9 nitrogen and oxygen atoms in total. The molecule has 0 spiro atoms. The van der Waals surface area contributed by atoms with E-state index in [9.17, 15) is 17.2 Å². The Kier molecular flexibility index (Phi) is 9.77. The Morgan fingerprint density at radius 2 is 1.74 bits per heavy atom. The average Bonchev–Trinajstić information content (AvgIpc) is 3.00. The van der Waals surface area contributed by atoms with Gasteiger partial charge in [0.15, 0.2) is 0 Å². The summed E-state index contributed by atoms with van der Waals surface area (Å²) < 4.78 is 76.4. The van der Waals surface area contributed by atoms with Crippen LogP contribution in [-0.4, -0.2) is 48.7 Å². The Labute approximate surface area is 269 Å². The molecule has 1 unspecified atom stereocenters. The van der Waals surface area contributed by atoms with Gasteiger partial charge in [-0.15, -0.1) is 12.4 Å². The number of hydrogen-bond donors (Lipinski definition) is 3. The molecule has 0 aliphatic carbocycles. The lowest BCUT2D eigenvalue weighted by Gasteiger charge is -2.26. The van der Waals surface area contributed by atoms with Crippen LogP contribution in [0.2, 0.25) is 0 Å². The van der Waals surface area contributed by atoms with Crippen LogP contribution < -0.4 is 20.5 Å². The molecule has 3 atom stereocenters. The van der Waals surface area contributed by atoms with E-state index in [1.54, 1.807) is 43.5 Å². The zero-order valence-electron chi connectivity index (χ0n) is 24.5. The number of fused-ring (bicyclic) bond motifs is 1. The maximum Gasteiger partial charge on any atom is 0.228 e. The SMILES string of the molecule is Cc1ccc2c(C(c3ccccc3F)S(N)(=O)=O)c(F)ccc2c1Oc1ncccc1-c1ccnc(N[C@H]2CNC[C@H](F)C2)n1.Cl. The second-order valence-electron chi connectivity index (χ2n) is 10.8. The highest BCUT2D eigenvalue weighted by Gasteiger charge is 2.33. The molecular weight excluding hydrogens is 641 g/mol. The molecule has 1 fully saturated rings. The smallest absolute Gasteiger partial charge is 0.228 e. The molecule has 0 saturated carbocycles. The summed E-state index contributed by atoms with van der Waals surface area (Å²) in [5.74, 6) is -0.940. The first-order chi connectivity index (χ1) is 21.6. The fourth-order valence-corrected chi connectivity index (χ4v) is 6.71. The summed E-state index contributed by atoms with van der Waals surface area (Å²) >= 11 is 0. The number of benzene rings is 3. The van der Waals surface area contributed by atoms with Crippen LogP contribution in [0.4, 0.5) is 19.1 Å². The quantitative estimate of drug-likeness (QED) is 0.184. The van der Waals surface area contributed by atoms with Crippen molar-refractivity contribution in [2.24, 2.45) is 5.14 Å². The molecule has 6 rings (SSSR count). The number of piperidine rings is 1. The summed E-state index contributed by atoms with van der Waals surface area (Å²) in [7, 11) is -4.53. The first kappa shape index (κ1) is 33.1. The number of alkyl halides is 1. The molecule has 0 radical (unpaired) electrons. The molecule has 1 aliphatic heterocycles. The Hall–Kier alpha value is -4.30. The summed E-state index contributed by atoms with van der Waals surface area (Å²) in [5.41, 5.74) is 1.06. The van der Waals surface area contributed by atoms with Crippen molar-refractivity contribution in [2.75, 3.05) is 18.4 Å². The Balaban J connectivity index is 0.00000417. The normalized spacial score (nSPS) is 17.2. The van der Waals surface area contributed by atoms with Crippen LogP contribution in [0.15, 0.2) is 79.1 Å². The molecule has 2 aromatic heterocycles. The van der Waals surface area contributed by atoms with Gasteiger partial charge in [0.25, 0.3) is 0 Å². The number of hydrogen-bond acceptors (Lipinski definition) is 8. The molecule has 0 amide bonds. The third-order valence-corrected chi connectivity index (χ3v) is 8.79. The Morgan fingerprint density at radius 1 is 0.957 bits per heavy atom. The van der Waals surface area contributed by atoms with Crippen LogP contribution >= 0.6 is 12.4 Å². The lowest BCUT2D eigenvalue weighted by Crippen LogP contribution is -2.44. The monoisotopic (exact) mass is 670 g/mol. The van der Waals surface area contributed by atoms with Gasteiger partial charge in [-0.25, -0.2) is 41.7 Å². The van der Waals surface area contributed by atoms with Crippen molar-refractivity contribution in [3.05, 3.63) is 107 Å². The standard InChI is InChI=1S/C32H29F3N6O3S.ClH/c1-18-8-9-21-22(10-11-26(35)28(21)30(45(36,42)43)23-5-2-3-7-25(23)34)29(18)44-31-24(6-4-13-38-31)27-12-14-39-32(41-27)40-20-15-19(33)16-37-17-20;/h2-14,19-20,30,37H,15-17H2,1H3,(H2,36,42,43)(H,39,40,41);1H/t19-,20-,30?;/m1./s1. The third kappa shape index (κ3) is 6.77. The number of anilines is 1. The number of rotatable bonds is 8. The van der Waals surface area contributed by atoms with Gasteiger partial charge in [-0.2, -0.15) is 0 Å². The second kappa shape index (κ2) is 13.6. The molecule has 0 bridgehead atoms. The maximum atomic E-state index is 15.5. The summed E-state index contributed by atoms with van der Waals surface area (Å²) in [5, 5.41) is 10.5. The number of nitrogens with zero attached hydrogens (tertiary/aromatic N) is 3. The van der Waals surface area contributed by atoms with E-state index in [0.29, 0.717) is 47.7 Å². The minimum Gasteiger partial charge on any atom is -0.437 e. The van der Waals surface area contributed by atoms with Gasteiger partial charge in [-0.1, -0.05) is 30.3 Å². The predicted octanol–water partition coefficient (Wildman–Crippen LogP) is 5.98. The van der Waals surface area contributed by atoms with Gasteiger partial charge in [0.05, 0.1) is 11.3 Å². The highest BCUT2D eigenvalue weighted by molar-refractivity contribution is 7.89. The number of nitrogens with two attached hydrogens (primary N) is 1. The lowest BCUT2D eigenvalue weighted by molar-refractivity contribution is 0.254. The van der Waals surface area contributed by atoms with E-state index in [-0.39, 0.29) is 46.6 Å². The van der Waals surface area contributed by atoms with E-state index in [1.165, 1.54) is 30.5 Å². The number of aryl methyl sites for hydroxylation is 1. The van der Waals surface area contributed by atoms with E-state index in [1.807, 2.05) is 0 Å². The van der Waals surface area contributed by atoms with E-state index >= 15 is 4.39 Å². The largest absolute Gasteiger partial charge is 0.437 e. The third-order valence-electron chi connectivity index (χ3n) is 7.65. The van der Waals surface area contributed by atoms with Crippen LogP contribution in [0.25, 0.3) is 22.0 Å². The van der Waals surface area contributed by atoms with Crippen molar-refractivity contribution in [2.45, 2.75) is 30.8 Å². The van der Waals surface area contributed by atoms with E-state index < -0.39 is 33.1 Å². The molecule has 1 aliphatic rings. The summed E-state index contributed by atoms with van der Waals surface area (Å²) in [6, 6.07) is 16.0. The summed E-state index contributed by atoms with van der Waals surface area (Å²) in [4.78, 5) is 13.3. The fourth-order valence-electron chi connectivity index (χ4n) is 5.59. The minimum absolute atomic E-state index is 0. The number of halogens is 4. The maximum absolute atomic E-state index is 15.5. The second-order valence-corrected chi connectivity index (χ2v) is 12.5. The predicted molar refractivity (Wildman–Crippen MR) is 172 cm³/mol. The molecule has 46 heavy (non-hydrogen) atoms. The zero-order valence-corrected chi connectivity index (χ0v) is 26.1. The minimum atomic E-state index is -4.53. The highest BCUT2D eigenvalue weighted by Crippen LogP contribution is 2.42. The van der Waals surface area contributed by atoms with Gasteiger partial charge < -0.3 is 15.4 Å². The number of ether oxygens (including phenoxy) is 1. The number of nitrogens with one attached hydrogen (secondary N) is 2. The lowest BCUT2D eigenvalue weighted by atomic mass is 9.95. The van der Waals surface area contributed by atoms with Crippen LogP contribution in [0.5, 0.6) is 11.6 Å². The van der Waals surface area contributed by atoms with Crippen molar-refractivity contribution in [3.63, 3.8) is 0 Å². The van der Waals surface area contributed by atoms with Gasteiger partial charge in [0.1, 0.15) is 28.8 Å². The van der Waals surface area contributed by atoms with E-state index in [2.05, 4.69) is 25.6 Å². The zero-order chi connectivity index (χ0) is 31.7. The number of primary sulfonamides is 1. The van der Waals surface area contributed by atoms with Crippen LogP contribution in [0.3, 0.4) is 0 Å². The van der Waals surface area contributed by atoms with E-state index in [4.69, 9.17) is 9.88 Å². The number of aromatic nitrogens is 3. The molecule has 3 heterocycles. The first-order valence-corrected chi connectivity index (χ1v) is 15.8. The molecule has 4 N–H and O–H groups in total. The van der Waals surface area contributed by atoms with Gasteiger partial charge in [-0.05, 0) is 54.3 Å². The molecule has 1 saturated heterocycles. The van der Waals surface area contributed by atoms with Crippen molar-refractivity contribution in [3.8, 4) is 22.9 Å². The molecule has 5 aromatic rings. The number of sulfonamides is 1. The van der Waals surface area contributed by atoms with Gasteiger partial charge in [0, 0.05) is 54.5 Å². The van der Waals surface area contributed by atoms with Gasteiger partial charge in [-0.3, -0.25) is 0 Å². The van der Waals surface area contributed by atoms with Crippen molar-refractivity contribution in [1.29, 1.82) is 0 Å².